The molecule has 1 fully saturated rings. The Hall–Kier alpha value is -2.23. The van der Waals surface area contributed by atoms with Gasteiger partial charge in [-0.05, 0) is 74.9 Å². The van der Waals surface area contributed by atoms with Crippen LogP contribution in [0.3, 0.4) is 0 Å². The van der Waals surface area contributed by atoms with Crippen LogP contribution in [-0.4, -0.2) is 55.3 Å². The second-order valence-electron chi connectivity index (χ2n) is 8.77. The summed E-state index contributed by atoms with van der Waals surface area (Å²) < 4.78 is 24.5. The maximum absolute atomic E-state index is 12.3. The van der Waals surface area contributed by atoms with Crippen LogP contribution in [0.15, 0.2) is 46.3 Å². The highest BCUT2D eigenvalue weighted by atomic mass is 32.2. The number of aromatic nitrogens is 2. The van der Waals surface area contributed by atoms with Crippen LogP contribution >= 0.6 is 11.8 Å². The van der Waals surface area contributed by atoms with Crippen molar-refractivity contribution in [1.29, 1.82) is 0 Å². The number of benzene rings is 1. The summed E-state index contributed by atoms with van der Waals surface area (Å²) in [7, 11) is -3.37. The molecular weight excluding hydrogens is 456 g/mol. The third-order valence-electron chi connectivity index (χ3n) is 6.37. The average molecular weight is 489 g/mol. The van der Waals surface area contributed by atoms with Gasteiger partial charge in [0.1, 0.15) is 5.52 Å². The molecule has 33 heavy (non-hydrogen) atoms. The molecule has 7 nitrogen and oxygen atoms in total. The minimum Gasteiger partial charge on any atom is -0.382 e. The first-order chi connectivity index (χ1) is 15.9. The van der Waals surface area contributed by atoms with Crippen LogP contribution in [0.2, 0.25) is 0 Å². The number of sulfone groups is 1. The monoisotopic (exact) mass is 488 g/mol. The molecule has 1 saturated carbocycles. The van der Waals surface area contributed by atoms with E-state index in [4.69, 9.17) is 0 Å². The third kappa shape index (κ3) is 5.65. The van der Waals surface area contributed by atoms with Crippen molar-refractivity contribution in [1.82, 2.24) is 15.3 Å². The molecule has 4 N–H and O–H groups in total. The van der Waals surface area contributed by atoms with Gasteiger partial charge in [0.15, 0.2) is 9.84 Å². The molecule has 1 aliphatic carbocycles. The standard InChI is InChI=1S/C24H32N4O3S2/c1-32-13-3-11-25-16-4-6-17(7-5-16)28-22-9-8-18(33(2,30)31)14-20(22)21-15-27-24(29)23-19(21)10-12-26-23/h8-10,12,14-17,25-26,28H,3-7,11,13H2,1-2H3,(H,27,29). The molecule has 0 saturated heterocycles. The van der Waals surface area contributed by atoms with E-state index < -0.39 is 9.84 Å². The molecule has 0 atom stereocenters. The second-order valence-corrected chi connectivity index (χ2v) is 11.8. The minimum absolute atomic E-state index is 0.198. The van der Waals surface area contributed by atoms with Gasteiger partial charge in [-0.15, -0.1) is 0 Å². The van der Waals surface area contributed by atoms with Gasteiger partial charge >= 0.3 is 0 Å². The molecule has 0 radical (unpaired) electrons. The van der Waals surface area contributed by atoms with E-state index in [1.165, 1.54) is 18.4 Å². The third-order valence-corrected chi connectivity index (χ3v) is 8.17. The first kappa shape index (κ1) is 23.9. The first-order valence-electron chi connectivity index (χ1n) is 11.4. The fourth-order valence-corrected chi connectivity index (χ4v) is 5.66. The summed E-state index contributed by atoms with van der Waals surface area (Å²) in [6, 6.07) is 7.95. The summed E-state index contributed by atoms with van der Waals surface area (Å²) in [5.41, 5.74) is 2.74. The van der Waals surface area contributed by atoms with Crippen molar-refractivity contribution >= 4 is 38.2 Å². The summed E-state index contributed by atoms with van der Waals surface area (Å²) in [4.78, 5) is 18.2. The van der Waals surface area contributed by atoms with Gasteiger partial charge in [0.2, 0.25) is 0 Å². The Balaban J connectivity index is 1.57. The predicted molar refractivity (Wildman–Crippen MR) is 138 cm³/mol. The highest BCUT2D eigenvalue weighted by Crippen LogP contribution is 2.35. The lowest BCUT2D eigenvalue weighted by atomic mass is 9.90. The van der Waals surface area contributed by atoms with E-state index in [1.807, 2.05) is 23.9 Å². The quantitative estimate of drug-likeness (QED) is 0.339. The Labute approximate surface area is 199 Å². The molecule has 2 heterocycles. The maximum Gasteiger partial charge on any atom is 0.272 e. The summed E-state index contributed by atoms with van der Waals surface area (Å²) in [5, 5.41) is 8.12. The number of rotatable bonds is 9. The number of anilines is 1. The number of fused-ring (bicyclic) bond motifs is 1. The van der Waals surface area contributed by atoms with Crippen LogP contribution in [-0.2, 0) is 9.84 Å². The van der Waals surface area contributed by atoms with Crippen molar-refractivity contribution in [2.24, 2.45) is 0 Å². The van der Waals surface area contributed by atoms with Crippen LogP contribution in [0.25, 0.3) is 22.0 Å². The van der Waals surface area contributed by atoms with E-state index in [0.29, 0.717) is 17.6 Å². The number of nitrogens with one attached hydrogen (secondary N) is 4. The van der Waals surface area contributed by atoms with E-state index in [1.54, 1.807) is 24.5 Å². The van der Waals surface area contributed by atoms with E-state index in [-0.39, 0.29) is 10.5 Å². The molecule has 1 aromatic carbocycles. The van der Waals surface area contributed by atoms with Crippen molar-refractivity contribution in [2.45, 2.75) is 49.1 Å². The Morgan fingerprint density at radius 1 is 1.06 bits per heavy atom. The van der Waals surface area contributed by atoms with Gasteiger partial charge in [0.05, 0.1) is 4.90 Å². The van der Waals surface area contributed by atoms with Gasteiger partial charge in [0, 0.05) is 52.9 Å². The highest BCUT2D eigenvalue weighted by molar-refractivity contribution is 7.98. The molecule has 0 bridgehead atoms. The van der Waals surface area contributed by atoms with Crippen LogP contribution in [0, 0.1) is 0 Å². The van der Waals surface area contributed by atoms with Crippen molar-refractivity contribution in [2.75, 3.05) is 30.1 Å². The van der Waals surface area contributed by atoms with E-state index >= 15 is 0 Å². The second kappa shape index (κ2) is 10.4. The highest BCUT2D eigenvalue weighted by Gasteiger charge is 2.23. The zero-order valence-electron chi connectivity index (χ0n) is 19.1. The fourth-order valence-electron chi connectivity index (χ4n) is 4.58. The molecule has 4 rings (SSSR count). The molecule has 0 amide bonds. The molecular formula is C24H32N4O3S2. The molecule has 0 spiro atoms. The van der Waals surface area contributed by atoms with Crippen molar-refractivity contribution in [3.63, 3.8) is 0 Å². The smallest absolute Gasteiger partial charge is 0.272 e. The van der Waals surface area contributed by atoms with Crippen molar-refractivity contribution in [3.05, 3.63) is 47.0 Å². The molecule has 0 unspecified atom stereocenters. The summed E-state index contributed by atoms with van der Waals surface area (Å²) >= 11 is 1.88. The zero-order chi connectivity index (χ0) is 23.4. The number of pyridine rings is 1. The first-order valence-corrected chi connectivity index (χ1v) is 14.7. The molecule has 1 aliphatic rings. The molecule has 0 aliphatic heterocycles. The van der Waals surface area contributed by atoms with Crippen LogP contribution in [0.4, 0.5) is 5.69 Å². The van der Waals surface area contributed by atoms with E-state index in [9.17, 15) is 13.2 Å². The van der Waals surface area contributed by atoms with Crippen LogP contribution in [0.5, 0.6) is 0 Å². The largest absolute Gasteiger partial charge is 0.382 e. The number of hydrogen-bond donors (Lipinski definition) is 4. The van der Waals surface area contributed by atoms with Gasteiger partial charge < -0.3 is 20.6 Å². The number of hydrogen-bond acceptors (Lipinski definition) is 6. The zero-order valence-corrected chi connectivity index (χ0v) is 20.7. The molecule has 2 aromatic heterocycles. The van der Waals surface area contributed by atoms with Gasteiger partial charge in [-0.1, -0.05) is 0 Å². The lowest BCUT2D eigenvalue weighted by molar-refractivity contribution is 0.355. The van der Waals surface area contributed by atoms with Crippen molar-refractivity contribution < 1.29 is 8.42 Å². The SMILES string of the molecule is CSCCCNC1CCC(Nc2ccc(S(C)(=O)=O)cc2-c2c[nH]c(=O)c3[nH]ccc23)CC1. The Kier molecular flexibility index (Phi) is 7.51. The fraction of sp³-hybridized carbons (Fsp3) is 0.458. The van der Waals surface area contributed by atoms with Gasteiger partial charge in [0.25, 0.3) is 5.56 Å². The van der Waals surface area contributed by atoms with Gasteiger partial charge in [-0.3, -0.25) is 4.79 Å². The topological polar surface area (TPSA) is 107 Å². The Morgan fingerprint density at radius 2 is 1.82 bits per heavy atom. The lowest BCUT2D eigenvalue weighted by Gasteiger charge is -2.31. The number of H-pyrrole nitrogens is 2. The predicted octanol–water partition coefficient (Wildman–Crippen LogP) is 3.99. The molecule has 3 aromatic rings. The number of aromatic amines is 2. The molecule has 9 heteroatoms. The van der Waals surface area contributed by atoms with Gasteiger partial charge in [-0.2, -0.15) is 11.8 Å². The summed E-state index contributed by atoms with van der Waals surface area (Å²) in [5.74, 6) is 1.19. The Bertz CT molecular complexity index is 1260. The summed E-state index contributed by atoms with van der Waals surface area (Å²) in [6.45, 7) is 1.07. The Morgan fingerprint density at radius 3 is 2.55 bits per heavy atom. The minimum atomic E-state index is -3.37. The molecule has 178 valence electrons. The maximum atomic E-state index is 12.3. The van der Waals surface area contributed by atoms with Crippen LogP contribution < -0.4 is 16.2 Å². The van der Waals surface area contributed by atoms with Crippen LogP contribution in [0.1, 0.15) is 32.1 Å². The van der Waals surface area contributed by atoms with Gasteiger partial charge in [-0.25, -0.2) is 8.42 Å². The van der Waals surface area contributed by atoms with E-state index in [2.05, 4.69) is 26.9 Å². The van der Waals surface area contributed by atoms with Crippen molar-refractivity contribution in [3.8, 4) is 11.1 Å². The number of thioether (sulfide) groups is 1. The summed E-state index contributed by atoms with van der Waals surface area (Å²) in [6.07, 6.45) is 12.3. The normalized spacial score (nSPS) is 19.1. The van der Waals surface area contributed by atoms with E-state index in [0.717, 1.165) is 54.4 Å². The average Bonchev–Trinajstić information content (AvgIpc) is 3.29. The lowest BCUT2D eigenvalue weighted by Crippen LogP contribution is -2.37.